The number of hydrogen-bond acceptors (Lipinski definition) is 54. The van der Waals surface area contributed by atoms with Gasteiger partial charge in [0.05, 0.1) is 95.9 Å². The molecule has 0 radical (unpaired) electrons. The van der Waals surface area contributed by atoms with Crippen LogP contribution in [-0.4, -0.2) is 572 Å². The van der Waals surface area contributed by atoms with Crippen LogP contribution in [0.3, 0.4) is 0 Å². The highest BCUT2D eigenvalue weighted by Gasteiger charge is 2.64. The molecule has 3 amide bonds. The summed E-state index contributed by atoms with van der Waals surface area (Å²) < 4.78 is 69.7. The quantitative estimate of drug-likeness (QED) is 0.0253. The third kappa shape index (κ3) is 27.4. The van der Waals surface area contributed by atoms with Crippen LogP contribution in [0.15, 0.2) is 0 Å². The van der Waals surface area contributed by atoms with Crippen LogP contribution < -0.4 is 16.0 Å². The lowest BCUT2D eigenvalue weighted by Gasteiger charge is -2.50. The predicted octanol–water partition coefficient (Wildman–Crippen LogP) is -25.0. The molecule has 60 nitrogen and oxygen atoms in total. The van der Waals surface area contributed by atoms with Crippen LogP contribution >= 0.6 is 0 Å². The minimum Gasteiger partial charge on any atom is -0.477 e. The Morgan fingerprint density at radius 1 is 0.372 bits per heavy atom. The lowest BCUT2D eigenvalue weighted by atomic mass is 9.88. The van der Waals surface area contributed by atoms with Crippen molar-refractivity contribution in [1.29, 1.82) is 0 Å². The Kier molecular flexibility index (Phi) is 44.3. The minimum atomic E-state index is -3.07. The Labute approximate surface area is 726 Å². The van der Waals surface area contributed by atoms with Gasteiger partial charge in [-0.2, -0.15) is 0 Å². The smallest absolute Gasteiger partial charge is 0.364 e. The molecule has 7 aliphatic heterocycles. The van der Waals surface area contributed by atoms with E-state index in [2.05, 4.69) is 16.0 Å². The summed E-state index contributed by atoms with van der Waals surface area (Å²) >= 11 is 0. The maximum Gasteiger partial charge on any atom is 0.364 e. The summed E-state index contributed by atoms with van der Waals surface area (Å²) in [5.41, 5.74) is 0. The molecule has 46 atom stereocenters. The number of amides is 3. The van der Waals surface area contributed by atoms with Crippen molar-refractivity contribution in [2.24, 2.45) is 0 Å². The second-order valence-corrected chi connectivity index (χ2v) is 30.8. The Hall–Kier alpha value is -5.68. The maximum absolute atomic E-state index is 12.5. The average Bonchev–Trinajstić information content (AvgIpc) is 0.746. The summed E-state index contributed by atoms with van der Waals surface area (Å²) in [4.78, 5) is 94.3. The largest absolute Gasteiger partial charge is 0.477 e. The van der Waals surface area contributed by atoms with E-state index in [1.54, 1.807) is 0 Å². The van der Waals surface area contributed by atoms with Crippen LogP contribution in [0.2, 0.25) is 0 Å². The molecule has 0 aliphatic carbocycles. The van der Waals surface area contributed by atoms with Crippen molar-refractivity contribution in [3.8, 4) is 0 Å². The predicted molar refractivity (Wildman–Crippen MR) is 393 cm³/mol. The van der Waals surface area contributed by atoms with Crippen LogP contribution in [-0.2, 0) is 99.9 Å². The van der Waals surface area contributed by atoms with Gasteiger partial charge in [-0.25, -0.2) is 14.4 Å². The summed E-state index contributed by atoms with van der Waals surface area (Å²) in [6.07, 6.45) is -83.0. The molecular formula is C69H117N3O57. The van der Waals surface area contributed by atoms with E-state index in [1.165, 1.54) is 0 Å². The molecule has 0 saturated carbocycles. The number of aliphatic hydroxyl groups excluding tert-OH is 33. The zero-order chi connectivity index (χ0) is 98.0. The number of rotatable bonds is 41. The fourth-order valence-electron chi connectivity index (χ4n) is 14.5. The SMILES string of the molecule is CC(=O)N[C@H]1C([C@H](O)[C@H](O)CO)O[C@@](O[C@@H]2[C@H](O)C(O[C@@H]3C(CO)OC(O)C(O)[C@H]3O)OC(CO)[C@@H]2O)(C(=O)O)C[C@H]1O.CC(=O)N[C@H]1[C@H]([C@H](O)[C@H](O)CO)O[C@@](OC[C@H]2O[C@@H](O[C@@H]([C@H](O)[C@@H](O)C=O)[C@H](O)CO)[C@H](O)[C@@H](O)[C@H]2O)(C(=O)O)C[C@@H]1O.CC(=O)N[C@H]1[C@H]([C@H](O)[C@H](O)CO)O[C@@](O[C@H]2[C@@H](O)[C@@H](CO)O[C@@H](O[C@@H]([C@H](O)[C@@H](O)C=O)[C@H](O)CO)[C@@H]2O)(C(=O)O)C[C@@H]1O. The molecular weight excluding hydrogens is 1780 g/mol. The van der Waals surface area contributed by atoms with E-state index in [1.807, 2.05) is 0 Å². The molecule has 0 aromatic carbocycles. The Morgan fingerprint density at radius 2 is 0.690 bits per heavy atom. The number of hydrogen-bond donors (Lipinski definition) is 39. The number of aliphatic carboxylic acids is 3. The molecule has 750 valence electrons. The van der Waals surface area contributed by atoms with Gasteiger partial charge in [0, 0.05) is 40.0 Å². The van der Waals surface area contributed by atoms with Crippen molar-refractivity contribution in [3.05, 3.63) is 0 Å². The van der Waals surface area contributed by atoms with Crippen molar-refractivity contribution >= 4 is 48.2 Å². The van der Waals surface area contributed by atoms with Crippen LogP contribution in [0.4, 0.5) is 0 Å². The van der Waals surface area contributed by atoms with Crippen molar-refractivity contribution in [2.75, 3.05) is 59.5 Å². The normalized spacial score (nSPS) is 40.0. The van der Waals surface area contributed by atoms with E-state index in [-0.39, 0.29) is 12.6 Å². The Morgan fingerprint density at radius 3 is 1.02 bits per heavy atom. The summed E-state index contributed by atoms with van der Waals surface area (Å²) in [5.74, 6) is -17.1. The Balaban J connectivity index is 0.000000343. The summed E-state index contributed by atoms with van der Waals surface area (Å²) in [6.45, 7) is -6.12. The molecule has 7 fully saturated rings. The molecule has 7 heterocycles. The summed E-state index contributed by atoms with van der Waals surface area (Å²) in [6, 6.07) is -4.61. The van der Waals surface area contributed by atoms with Crippen molar-refractivity contribution in [2.45, 2.75) is 320 Å². The zero-order valence-corrected chi connectivity index (χ0v) is 68.1. The molecule has 0 aromatic rings. The molecule has 129 heavy (non-hydrogen) atoms. The second kappa shape index (κ2) is 50.2. The van der Waals surface area contributed by atoms with Crippen molar-refractivity contribution in [3.63, 3.8) is 0 Å². The number of carbonyl (C=O) groups excluding carboxylic acids is 5. The highest BCUT2D eigenvalue weighted by molar-refractivity contribution is 5.78. The number of ether oxygens (including phenoxy) is 13. The van der Waals surface area contributed by atoms with E-state index < -0.39 is 395 Å². The highest BCUT2D eigenvalue weighted by Crippen LogP contribution is 2.42. The number of carboxylic acids is 3. The monoisotopic (exact) mass is 1900 g/mol. The fraction of sp³-hybridized carbons (Fsp3) is 0.884. The molecule has 39 N–H and O–H groups in total. The van der Waals surface area contributed by atoms with Gasteiger partial charge in [-0.15, -0.1) is 0 Å². The average molecular weight is 1900 g/mol. The number of nitrogens with one attached hydrogen (secondary N) is 3. The molecule has 6 unspecified atom stereocenters. The molecule has 7 aliphatic rings. The highest BCUT2D eigenvalue weighted by atomic mass is 16.8. The third-order valence-electron chi connectivity index (χ3n) is 21.5. The Bertz CT molecular complexity index is 3480. The topological polar surface area (TPSA) is 1020 Å². The van der Waals surface area contributed by atoms with Gasteiger partial charge in [0.2, 0.25) is 17.7 Å². The number of carbonyl (C=O) groups is 8. The van der Waals surface area contributed by atoms with Crippen LogP contribution in [0, 0.1) is 0 Å². The molecule has 7 saturated heterocycles. The standard InChI is InChI=1S/3C23H39NO19/c1-6(28)24-11-7(29)2-23(22(37)38,42-18(11)12(31)8(30)3-25)43-19-13(32)9(4-26)40-21(16(19)35)41-17-10(5-27)39-20(36)15(34)14(17)33;1-7(29)24-13-8(30)2-23(22(38)39,42-19(13)15(35)10(32)4-26)43-20-16(36)12(6-28)40-21(17(20)37)41-18(11(33)5-27)14(34)9(31)3-25;1-7(28)24-13-8(29)2-23(22(38)39,43-20(13)15(34)10(31)4-26)40-6-12-16(35)17(36)18(37)21(41-12)42-19(11(32)5-27)14(33)9(30)3-25/h7-21,25-27,29-36H,2-5H2,1H3,(H,24,28)(H,37,38);3,8-21,26-28,30-37H,2,4-6H2,1H3,(H,24,29)(H,38,39);3,8-21,26-27,29-37H,2,4-6H2,1H3,(H,24,28)(H,38,39)/t7-,8-,9?,10?,11-,12-,13+,14-,15?,16+,17-,18?,19+,20?,21?,23+;8-,9-,10+,11+,12+,13+,14+,15+,16-,17+,18+,19+,20-,21-,23-;8-,9-,10+,11+,12+,13+,14+,15+,16-,17-,18+,19+,20+,21-,23+/m100/s1. The van der Waals surface area contributed by atoms with Crippen molar-refractivity contribution in [1.82, 2.24) is 16.0 Å². The molecule has 0 aromatic heterocycles. The van der Waals surface area contributed by atoms with Gasteiger partial charge in [-0.1, -0.05) is 0 Å². The van der Waals surface area contributed by atoms with Gasteiger partial charge in [0.25, 0.3) is 17.4 Å². The van der Waals surface area contributed by atoms with E-state index >= 15 is 0 Å². The number of aliphatic hydroxyl groups is 33. The van der Waals surface area contributed by atoms with Gasteiger partial charge in [0.1, 0.15) is 201 Å². The first-order valence-corrected chi connectivity index (χ1v) is 39.2. The van der Waals surface area contributed by atoms with E-state index in [0.717, 1.165) is 20.8 Å². The van der Waals surface area contributed by atoms with Gasteiger partial charge in [0.15, 0.2) is 37.7 Å². The van der Waals surface area contributed by atoms with Crippen LogP contribution in [0.5, 0.6) is 0 Å². The summed E-state index contributed by atoms with van der Waals surface area (Å²) in [5, 5.41) is 371. The lowest BCUT2D eigenvalue weighted by molar-refractivity contribution is -0.385. The first-order valence-electron chi connectivity index (χ1n) is 39.2. The van der Waals surface area contributed by atoms with E-state index in [0.29, 0.717) is 0 Å². The van der Waals surface area contributed by atoms with Gasteiger partial charge < -0.3 is 271 Å². The van der Waals surface area contributed by atoms with Gasteiger partial charge >= 0.3 is 17.9 Å². The first-order chi connectivity index (χ1) is 60.2. The van der Waals surface area contributed by atoms with Gasteiger partial charge in [-0.3, -0.25) is 14.4 Å². The molecule has 0 bridgehead atoms. The second-order valence-electron chi connectivity index (χ2n) is 30.8. The van der Waals surface area contributed by atoms with Crippen LogP contribution in [0.25, 0.3) is 0 Å². The maximum atomic E-state index is 12.5. The zero-order valence-electron chi connectivity index (χ0n) is 68.1. The van der Waals surface area contributed by atoms with E-state index in [4.69, 9.17) is 61.6 Å². The van der Waals surface area contributed by atoms with Gasteiger partial charge in [-0.05, 0) is 0 Å². The molecule has 60 heteroatoms. The summed E-state index contributed by atoms with van der Waals surface area (Å²) in [7, 11) is 0. The third-order valence-corrected chi connectivity index (χ3v) is 21.5. The minimum absolute atomic E-state index is 0.122. The lowest BCUT2D eigenvalue weighted by Crippen LogP contribution is -2.70. The van der Waals surface area contributed by atoms with E-state index in [9.17, 15) is 222 Å². The fourth-order valence-corrected chi connectivity index (χ4v) is 14.5. The number of aldehydes is 2. The molecule has 7 rings (SSSR count). The number of carboxylic acid groups (broad SMARTS) is 3. The first kappa shape index (κ1) is 114. The molecule has 0 spiro atoms. The van der Waals surface area contributed by atoms with Crippen molar-refractivity contribution < 1.29 is 284 Å². The van der Waals surface area contributed by atoms with Crippen LogP contribution in [0.1, 0.15) is 40.0 Å².